The number of fused-ring (bicyclic) bond motifs is 1. The number of rotatable bonds is 1. The number of carbonyl (C=O) groups excluding carboxylic acids is 2. The zero-order valence-corrected chi connectivity index (χ0v) is 13.9. The van der Waals surface area contributed by atoms with Gasteiger partial charge in [0.25, 0.3) is 5.91 Å². The van der Waals surface area contributed by atoms with Crippen LogP contribution in [0.3, 0.4) is 0 Å². The van der Waals surface area contributed by atoms with E-state index in [9.17, 15) is 9.59 Å². The van der Waals surface area contributed by atoms with Crippen LogP contribution in [0.15, 0.2) is 24.4 Å². The van der Waals surface area contributed by atoms with Crippen molar-refractivity contribution in [1.82, 2.24) is 15.2 Å². The Kier molecular flexibility index (Phi) is 5.80. The van der Waals surface area contributed by atoms with Gasteiger partial charge >= 0.3 is 0 Å². The summed E-state index contributed by atoms with van der Waals surface area (Å²) in [6.45, 7) is 2.26. The van der Waals surface area contributed by atoms with Crippen LogP contribution >= 0.6 is 0 Å². The van der Waals surface area contributed by atoms with Gasteiger partial charge < -0.3 is 15.0 Å². The second kappa shape index (κ2) is 8.24. The summed E-state index contributed by atoms with van der Waals surface area (Å²) in [5, 5.41) is 2.96. The van der Waals surface area contributed by atoms with Crippen LogP contribution in [0.2, 0.25) is 0 Å². The second-order valence-corrected chi connectivity index (χ2v) is 6.43. The highest BCUT2D eigenvalue weighted by Gasteiger charge is 2.37. The predicted octanol–water partition coefficient (Wildman–Crippen LogP) is 1.62. The Balaban J connectivity index is 1.86. The minimum Gasteiger partial charge on any atom is -0.380 e. The minimum absolute atomic E-state index is 0.0454. The van der Waals surface area contributed by atoms with Gasteiger partial charge in [-0.15, -0.1) is 0 Å². The summed E-state index contributed by atoms with van der Waals surface area (Å²) in [6.07, 6.45) is 6.21. The Labute approximate surface area is 142 Å². The Morgan fingerprint density at radius 2 is 2.08 bits per heavy atom. The molecule has 0 aromatic carbocycles. The number of amides is 2. The zero-order chi connectivity index (χ0) is 16.8. The maximum atomic E-state index is 13.0. The van der Waals surface area contributed by atoms with E-state index in [0.29, 0.717) is 32.0 Å². The molecule has 2 fully saturated rings. The van der Waals surface area contributed by atoms with Crippen LogP contribution < -0.4 is 5.32 Å². The molecule has 1 aliphatic heterocycles. The number of nitrogens with one attached hydrogen (secondary N) is 1. The first-order chi connectivity index (χ1) is 11.8. The molecule has 1 saturated carbocycles. The van der Waals surface area contributed by atoms with Gasteiger partial charge in [-0.25, -0.2) is 0 Å². The number of pyridine rings is 1. The van der Waals surface area contributed by atoms with Crippen LogP contribution in [0.1, 0.15) is 42.6 Å². The van der Waals surface area contributed by atoms with E-state index in [-0.39, 0.29) is 23.8 Å². The Morgan fingerprint density at radius 1 is 1.21 bits per heavy atom. The summed E-state index contributed by atoms with van der Waals surface area (Å²) in [6, 6.07) is 5.31. The smallest absolute Gasteiger partial charge is 0.272 e. The first-order valence-corrected chi connectivity index (χ1v) is 8.85. The normalized spacial score (nSPS) is 26.0. The fourth-order valence-corrected chi connectivity index (χ4v) is 3.66. The summed E-state index contributed by atoms with van der Waals surface area (Å²) in [5.74, 6) is -0.173. The minimum atomic E-state index is -0.135. The zero-order valence-electron chi connectivity index (χ0n) is 13.9. The molecule has 2 amide bonds. The maximum Gasteiger partial charge on any atom is 0.272 e. The lowest BCUT2D eigenvalue weighted by atomic mass is 9.82. The first-order valence-electron chi connectivity index (χ1n) is 8.85. The van der Waals surface area contributed by atoms with Crippen LogP contribution in [0, 0.1) is 5.92 Å². The molecule has 1 saturated heterocycles. The van der Waals surface area contributed by atoms with Gasteiger partial charge in [0.1, 0.15) is 5.69 Å². The van der Waals surface area contributed by atoms with Crippen LogP contribution in [-0.4, -0.2) is 54.0 Å². The van der Waals surface area contributed by atoms with Crippen LogP contribution in [0.25, 0.3) is 0 Å². The van der Waals surface area contributed by atoms with E-state index >= 15 is 0 Å². The van der Waals surface area contributed by atoms with E-state index in [2.05, 4.69) is 10.3 Å². The van der Waals surface area contributed by atoms with Crippen molar-refractivity contribution in [1.29, 1.82) is 0 Å². The summed E-state index contributed by atoms with van der Waals surface area (Å²) in [5.41, 5.74) is 0.443. The molecular formula is C18H25N3O3. The van der Waals surface area contributed by atoms with E-state index in [4.69, 9.17) is 4.74 Å². The van der Waals surface area contributed by atoms with Gasteiger partial charge in [0, 0.05) is 31.9 Å². The van der Waals surface area contributed by atoms with Gasteiger partial charge in [0.2, 0.25) is 5.91 Å². The fourth-order valence-electron chi connectivity index (χ4n) is 3.66. The average molecular weight is 331 g/mol. The largest absolute Gasteiger partial charge is 0.380 e. The van der Waals surface area contributed by atoms with Crippen LogP contribution in [-0.2, 0) is 9.53 Å². The molecule has 1 aromatic rings. The summed E-state index contributed by atoms with van der Waals surface area (Å²) in [7, 11) is 0. The highest BCUT2D eigenvalue weighted by Crippen LogP contribution is 2.30. The molecule has 24 heavy (non-hydrogen) atoms. The van der Waals surface area contributed by atoms with Crippen molar-refractivity contribution in [3.8, 4) is 0 Å². The molecule has 130 valence electrons. The summed E-state index contributed by atoms with van der Waals surface area (Å²) in [4.78, 5) is 31.6. The molecule has 6 nitrogen and oxygen atoms in total. The summed E-state index contributed by atoms with van der Waals surface area (Å²) < 4.78 is 5.53. The maximum absolute atomic E-state index is 13.0. The molecule has 0 radical (unpaired) electrons. The standard InChI is InChI=1S/C18H25N3O3/c22-17-14-6-1-2-8-16(14)21(11-5-12-24-13-10-20-17)18(23)15-7-3-4-9-19-15/h3-4,7,9,14,16H,1-2,5-6,8,10-13H2,(H,20,22)/t14-,16+/m1/s1. The van der Waals surface area contributed by atoms with Crippen molar-refractivity contribution in [3.05, 3.63) is 30.1 Å². The number of hydrogen-bond acceptors (Lipinski definition) is 4. The third-order valence-corrected chi connectivity index (χ3v) is 4.84. The number of nitrogens with zero attached hydrogens (tertiary/aromatic N) is 2. The highest BCUT2D eigenvalue weighted by molar-refractivity contribution is 5.93. The van der Waals surface area contributed by atoms with Crippen molar-refractivity contribution in [2.75, 3.05) is 26.3 Å². The van der Waals surface area contributed by atoms with Crippen molar-refractivity contribution < 1.29 is 14.3 Å². The molecule has 0 bridgehead atoms. The van der Waals surface area contributed by atoms with Gasteiger partial charge in [-0.3, -0.25) is 14.6 Å². The Hall–Kier alpha value is -1.95. The molecule has 1 aliphatic carbocycles. The molecule has 1 N–H and O–H groups in total. The van der Waals surface area contributed by atoms with E-state index in [1.807, 2.05) is 11.0 Å². The SMILES string of the molecule is O=C1NCCOCCCN(C(=O)c2ccccn2)[C@H]2CCCC[C@@H]12. The quantitative estimate of drug-likeness (QED) is 0.849. The van der Waals surface area contributed by atoms with E-state index < -0.39 is 0 Å². The van der Waals surface area contributed by atoms with Gasteiger partial charge in [-0.1, -0.05) is 18.9 Å². The predicted molar refractivity (Wildman–Crippen MR) is 89.5 cm³/mol. The van der Waals surface area contributed by atoms with Crippen molar-refractivity contribution in [2.24, 2.45) is 5.92 Å². The van der Waals surface area contributed by atoms with Crippen molar-refractivity contribution in [3.63, 3.8) is 0 Å². The summed E-state index contributed by atoms with van der Waals surface area (Å²) >= 11 is 0. The molecule has 0 spiro atoms. The van der Waals surface area contributed by atoms with E-state index in [0.717, 1.165) is 32.1 Å². The second-order valence-electron chi connectivity index (χ2n) is 6.43. The number of aromatic nitrogens is 1. The lowest BCUT2D eigenvalue weighted by molar-refractivity contribution is -0.128. The number of carbonyl (C=O) groups is 2. The lowest BCUT2D eigenvalue weighted by Gasteiger charge is -2.39. The first kappa shape index (κ1) is 16.9. The number of ether oxygens (including phenoxy) is 1. The van der Waals surface area contributed by atoms with E-state index in [1.54, 1.807) is 18.3 Å². The third kappa shape index (κ3) is 3.93. The molecule has 0 unspecified atom stereocenters. The van der Waals surface area contributed by atoms with Crippen LogP contribution in [0.4, 0.5) is 0 Å². The Bertz CT molecular complexity index is 564. The van der Waals surface area contributed by atoms with Crippen LogP contribution in [0.5, 0.6) is 0 Å². The molecule has 1 aromatic heterocycles. The molecule has 3 rings (SSSR count). The third-order valence-electron chi connectivity index (χ3n) is 4.84. The molecular weight excluding hydrogens is 306 g/mol. The van der Waals surface area contributed by atoms with Gasteiger partial charge in [0.05, 0.1) is 12.5 Å². The monoisotopic (exact) mass is 331 g/mol. The van der Waals surface area contributed by atoms with Gasteiger partial charge in [-0.05, 0) is 31.4 Å². The highest BCUT2D eigenvalue weighted by atomic mass is 16.5. The van der Waals surface area contributed by atoms with Crippen molar-refractivity contribution >= 4 is 11.8 Å². The van der Waals surface area contributed by atoms with Crippen molar-refractivity contribution in [2.45, 2.75) is 38.1 Å². The van der Waals surface area contributed by atoms with Gasteiger partial charge in [-0.2, -0.15) is 0 Å². The number of hydrogen-bond donors (Lipinski definition) is 1. The molecule has 6 heteroatoms. The van der Waals surface area contributed by atoms with E-state index in [1.165, 1.54) is 0 Å². The fraction of sp³-hybridized carbons (Fsp3) is 0.611. The molecule has 2 atom stereocenters. The van der Waals surface area contributed by atoms with Gasteiger partial charge in [0.15, 0.2) is 0 Å². The Morgan fingerprint density at radius 3 is 2.92 bits per heavy atom. The lowest BCUT2D eigenvalue weighted by Crippen LogP contribution is -2.51. The molecule has 2 heterocycles. The topological polar surface area (TPSA) is 71.5 Å². The molecule has 2 aliphatic rings. The average Bonchev–Trinajstić information content (AvgIpc) is 2.67.